The molecule has 3 heteroatoms. The Hall–Kier alpha value is -0.120. The van der Waals surface area contributed by atoms with Crippen LogP contribution < -0.4 is 5.73 Å². The van der Waals surface area contributed by atoms with Crippen LogP contribution in [-0.4, -0.2) is 56.6 Å². The minimum Gasteiger partial charge on any atom is -0.330 e. The fraction of sp³-hybridized carbons (Fsp3) is 1.00. The minimum absolute atomic E-state index is 0.790. The molecule has 0 amide bonds. The number of rotatable bonds is 8. The third-order valence-corrected chi connectivity index (χ3v) is 4.14. The van der Waals surface area contributed by atoms with Crippen molar-refractivity contribution in [2.45, 2.75) is 32.6 Å². The van der Waals surface area contributed by atoms with Crippen LogP contribution in [0.4, 0.5) is 0 Å². The maximum absolute atomic E-state index is 5.86. The third kappa shape index (κ3) is 5.36. The van der Waals surface area contributed by atoms with E-state index in [2.05, 4.69) is 30.8 Å². The molecule has 2 unspecified atom stereocenters. The minimum atomic E-state index is 0.790. The van der Waals surface area contributed by atoms with Gasteiger partial charge in [-0.05, 0) is 71.4 Å². The van der Waals surface area contributed by atoms with Crippen molar-refractivity contribution in [2.24, 2.45) is 17.6 Å². The highest BCUT2D eigenvalue weighted by Crippen LogP contribution is 2.31. The maximum atomic E-state index is 5.86. The Morgan fingerprint density at radius 2 is 1.82 bits per heavy atom. The molecule has 102 valence electrons. The van der Waals surface area contributed by atoms with Crippen molar-refractivity contribution in [3.63, 3.8) is 0 Å². The van der Waals surface area contributed by atoms with Crippen LogP contribution in [0.5, 0.6) is 0 Å². The quantitative estimate of drug-likeness (QED) is 0.701. The first-order valence-electron chi connectivity index (χ1n) is 7.24. The second kappa shape index (κ2) is 8.06. The fourth-order valence-corrected chi connectivity index (χ4v) is 2.98. The second-order valence-electron chi connectivity index (χ2n) is 5.74. The summed E-state index contributed by atoms with van der Waals surface area (Å²) in [6, 6.07) is 0. The Kier molecular flexibility index (Phi) is 7.09. The molecule has 1 fully saturated rings. The summed E-state index contributed by atoms with van der Waals surface area (Å²) >= 11 is 0. The molecule has 0 aromatic carbocycles. The Balaban J connectivity index is 2.25. The van der Waals surface area contributed by atoms with Crippen LogP contribution in [0, 0.1) is 11.8 Å². The molecule has 1 rings (SSSR count). The third-order valence-electron chi connectivity index (χ3n) is 4.14. The normalized spacial score (nSPS) is 25.1. The molecule has 2 atom stereocenters. The molecule has 1 aliphatic carbocycles. The van der Waals surface area contributed by atoms with Crippen LogP contribution in [0.1, 0.15) is 32.6 Å². The lowest BCUT2D eigenvalue weighted by Crippen LogP contribution is -2.34. The number of hydrogen-bond acceptors (Lipinski definition) is 3. The van der Waals surface area contributed by atoms with Crippen LogP contribution in [0.3, 0.4) is 0 Å². The molecule has 0 heterocycles. The first kappa shape index (κ1) is 14.9. The van der Waals surface area contributed by atoms with Gasteiger partial charge < -0.3 is 15.5 Å². The lowest BCUT2D eigenvalue weighted by molar-refractivity contribution is 0.206. The summed E-state index contributed by atoms with van der Waals surface area (Å²) in [7, 11) is 4.30. The predicted octanol–water partition coefficient (Wildman–Crippen LogP) is 1.64. The molecule has 17 heavy (non-hydrogen) atoms. The molecule has 0 aliphatic heterocycles. The first-order chi connectivity index (χ1) is 8.17. The summed E-state index contributed by atoms with van der Waals surface area (Å²) in [5.41, 5.74) is 5.86. The Labute approximate surface area is 107 Å². The molecule has 1 saturated carbocycles. The lowest BCUT2D eigenvalue weighted by atomic mass is 9.95. The van der Waals surface area contributed by atoms with Gasteiger partial charge >= 0.3 is 0 Å². The maximum Gasteiger partial charge on any atom is 0.00127 e. The van der Waals surface area contributed by atoms with Gasteiger partial charge in [0.1, 0.15) is 0 Å². The van der Waals surface area contributed by atoms with E-state index in [4.69, 9.17) is 5.73 Å². The summed E-state index contributed by atoms with van der Waals surface area (Å²) in [4.78, 5) is 4.88. The topological polar surface area (TPSA) is 32.5 Å². The van der Waals surface area contributed by atoms with Gasteiger partial charge in [-0.2, -0.15) is 0 Å². The average molecular weight is 241 g/mol. The van der Waals surface area contributed by atoms with Gasteiger partial charge in [0, 0.05) is 6.54 Å². The fourth-order valence-electron chi connectivity index (χ4n) is 2.98. The summed E-state index contributed by atoms with van der Waals surface area (Å²) in [6.07, 6.45) is 5.42. The van der Waals surface area contributed by atoms with E-state index < -0.39 is 0 Å². The molecular weight excluding hydrogens is 210 g/mol. The van der Waals surface area contributed by atoms with Gasteiger partial charge in [0.05, 0.1) is 0 Å². The lowest BCUT2D eigenvalue weighted by Gasteiger charge is -2.27. The van der Waals surface area contributed by atoms with Crippen LogP contribution in [0.25, 0.3) is 0 Å². The molecule has 0 saturated heterocycles. The van der Waals surface area contributed by atoms with Crippen molar-refractivity contribution in [1.29, 1.82) is 0 Å². The predicted molar refractivity (Wildman–Crippen MR) is 75.2 cm³/mol. The molecule has 1 aliphatic rings. The van der Waals surface area contributed by atoms with Crippen molar-refractivity contribution in [3.8, 4) is 0 Å². The van der Waals surface area contributed by atoms with E-state index in [0.29, 0.717) is 0 Å². The van der Waals surface area contributed by atoms with Gasteiger partial charge in [-0.25, -0.2) is 0 Å². The SMILES string of the molecule is CCN(CCCN(C)C)CC1CCCC1CN. The monoisotopic (exact) mass is 241 g/mol. The molecule has 0 bridgehead atoms. The van der Waals surface area contributed by atoms with E-state index in [1.165, 1.54) is 51.9 Å². The van der Waals surface area contributed by atoms with Crippen molar-refractivity contribution in [2.75, 3.05) is 46.8 Å². The largest absolute Gasteiger partial charge is 0.330 e. The molecular formula is C14H31N3. The molecule has 2 N–H and O–H groups in total. The summed E-state index contributed by atoms with van der Waals surface area (Å²) in [5.74, 6) is 1.65. The summed E-state index contributed by atoms with van der Waals surface area (Å²) in [6.45, 7) is 8.05. The Morgan fingerprint density at radius 1 is 1.12 bits per heavy atom. The first-order valence-corrected chi connectivity index (χ1v) is 7.24. The van der Waals surface area contributed by atoms with E-state index in [1.807, 2.05) is 0 Å². The Morgan fingerprint density at radius 3 is 2.41 bits per heavy atom. The highest BCUT2D eigenvalue weighted by atomic mass is 15.1. The molecule has 0 aromatic heterocycles. The summed E-state index contributed by atoms with van der Waals surface area (Å²) < 4.78 is 0. The van der Waals surface area contributed by atoms with Crippen molar-refractivity contribution in [3.05, 3.63) is 0 Å². The number of hydrogen-bond donors (Lipinski definition) is 1. The zero-order valence-electron chi connectivity index (χ0n) is 12.0. The van der Waals surface area contributed by atoms with E-state index in [-0.39, 0.29) is 0 Å². The molecule has 0 radical (unpaired) electrons. The van der Waals surface area contributed by atoms with Gasteiger partial charge in [-0.15, -0.1) is 0 Å². The molecule has 0 aromatic rings. The van der Waals surface area contributed by atoms with Crippen LogP contribution in [-0.2, 0) is 0 Å². The summed E-state index contributed by atoms with van der Waals surface area (Å²) in [5, 5.41) is 0. The van der Waals surface area contributed by atoms with E-state index in [1.54, 1.807) is 0 Å². The Bertz CT molecular complexity index is 194. The van der Waals surface area contributed by atoms with Crippen LogP contribution >= 0.6 is 0 Å². The van der Waals surface area contributed by atoms with Gasteiger partial charge in [0.25, 0.3) is 0 Å². The van der Waals surface area contributed by atoms with Gasteiger partial charge in [0.2, 0.25) is 0 Å². The highest BCUT2D eigenvalue weighted by molar-refractivity contribution is 4.80. The number of nitrogens with zero attached hydrogens (tertiary/aromatic N) is 2. The zero-order chi connectivity index (χ0) is 12.7. The van der Waals surface area contributed by atoms with E-state index in [9.17, 15) is 0 Å². The molecule has 3 nitrogen and oxygen atoms in total. The average Bonchev–Trinajstić information content (AvgIpc) is 2.74. The van der Waals surface area contributed by atoms with Gasteiger partial charge in [-0.3, -0.25) is 0 Å². The van der Waals surface area contributed by atoms with Crippen LogP contribution in [0.15, 0.2) is 0 Å². The zero-order valence-corrected chi connectivity index (χ0v) is 12.0. The van der Waals surface area contributed by atoms with E-state index >= 15 is 0 Å². The van der Waals surface area contributed by atoms with Crippen LogP contribution in [0.2, 0.25) is 0 Å². The highest BCUT2D eigenvalue weighted by Gasteiger charge is 2.27. The van der Waals surface area contributed by atoms with Gasteiger partial charge in [0.15, 0.2) is 0 Å². The molecule has 0 spiro atoms. The van der Waals surface area contributed by atoms with E-state index in [0.717, 1.165) is 18.4 Å². The van der Waals surface area contributed by atoms with Crippen molar-refractivity contribution >= 4 is 0 Å². The standard InChI is InChI=1S/C14H31N3/c1-4-17(10-6-9-16(2)3)12-14-8-5-7-13(14)11-15/h13-14H,4-12,15H2,1-3H3. The smallest absolute Gasteiger partial charge is 0.00127 e. The number of nitrogens with two attached hydrogens (primary N) is 1. The van der Waals surface area contributed by atoms with Crippen molar-refractivity contribution in [1.82, 2.24) is 9.80 Å². The second-order valence-corrected chi connectivity index (χ2v) is 5.74. The van der Waals surface area contributed by atoms with Gasteiger partial charge in [-0.1, -0.05) is 13.3 Å². The van der Waals surface area contributed by atoms with Crippen molar-refractivity contribution < 1.29 is 0 Å².